The number of epoxide rings is 1. The number of amides is 1. The van der Waals surface area contributed by atoms with Crippen molar-refractivity contribution < 1.29 is 19.0 Å². The molecule has 1 spiro atoms. The molecule has 0 bridgehead atoms. The lowest BCUT2D eigenvalue weighted by Crippen LogP contribution is -2.65. The van der Waals surface area contributed by atoms with Crippen LogP contribution in [0, 0.1) is 5.41 Å². The van der Waals surface area contributed by atoms with Crippen LogP contribution >= 0.6 is 0 Å². The van der Waals surface area contributed by atoms with Gasteiger partial charge >= 0.3 is 0 Å². The van der Waals surface area contributed by atoms with Gasteiger partial charge < -0.3 is 24.8 Å². The Kier molecular flexibility index (Phi) is 6.54. The molecule has 10 heteroatoms. The van der Waals surface area contributed by atoms with Crippen molar-refractivity contribution >= 4 is 11.7 Å². The number of hydrogen-bond acceptors (Lipinski definition) is 9. The summed E-state index contributed by atoms with van der Waals surface area (Å²) < 4.78 is 18.3. The maximum absolute atomic E-state index is 12.2. The lowest BCUT2D eigenvalue weighted by molar-refractivity contribution is -0.0353. The Morgan fingerprint density at radius 2 is 2.02 bits per heavy atom. The molecule has 1 aromatic carbocycles. The van der Waals surface area contributed by atoms with Crippen molar-refractivity contribution in [2.24, 2.45) is 11.1 Å². The average Bonchev–Trinajstić information content (AvgIpc) is 3.74. The molecule has 3 aromatic rings. The number of fused-ring (bicyclic) bond motifs is 1. The highest BCUT2D eigenvalue weighted by molar-refractivity contribution is 5.96. The number of hydrogen-bond donors (Lipinski definition) is 1. The van der Waals surface area contributed by atoms with Crippen molar-refractivity contribution in [3.63, 3.8) is 0 Å². The highest BCUT2D eigenvalue weighted by atomic mass is 16.6. The van der Waals surface area contributed by atoms with Gasteiger partial charge in [0.25, 0.3) is 5.91 Å². The van der Waals surface area contributed by atoms with E-state index < -0.39 is 5.91 Å². The van der Waals surface area contributed by atoms with E-state index in [9.17, 15) is 4.79 Å². The fourth-order valence-corrected chi connectivity index (χ4v) is 6.58. The summed E-state index contributed by atoms with van der Waals surface area (Å²) in [5, 5.41) is 0. The average molecular weight is 557 g/mol. The summed E-state index contributed by atoms with van der Waals surface area (Å²) in [7, 11) is 0. The topological polar surface area (TPSA) is 119 Å². The van der Waals surface area contributed by atoms with E-state index in [4.69, 9.17) is 19.9 Å². The Morgan fingerprint density at radius 3 is 2.78 bits per heavy atom. The van der Waals surface area contributed by atoms with Crippen molar-refractivity contribution in [2.75, 3.05) is 37.7 Å². The lowest BCUT2D eigenvalue weighted by Gasteiger charge is -2.59. The van der Waals surface area contributed by atoms with E-state index in [1.165, 1.54) is 11.9 Å². The molecule has 7 rings (SSSR count). The zero-order chi connectivity index (χ0) is 28.1. The quantitative estimate of drug-likeness (QED) is 0.394. The SMILES string of the molecule is CC(C)c1cccc(C(N)=O)c1Oc1cncnc1N1CC2(CC(Oc3ccnc4c3CN(CC3CO3)CC4)C2)C1. The maximum Gasteiger partial charge on any atom is 0.252 e. The Morgan fingerprint density at radius 1 is 1.20 bits per heavy atom. The normalized spacial score (nSPS) is 21.2. The number of carbonyl (C=O) groups is 1. The van der Waals surface area contributed by atoms with Crippen molar-refractivity contribution in [2.45, 2.75) is 57.8 Å². The van der Waals surface area contributed by atoms with Crippen molar-refractivity contribution in [1.29, 1.82) is 0 Å². The molecule has 2 aromatic heterocycles. The molecule has 1 amide bonds. The fraction of sp³-hybridized carbons (Fsp3) is 0.484. The smallest absolute Gasteiger partial charge is 0.252 e. The second-order valence-corrected chi connectivity index (χ2v) is 12.2. The van der Waals surface area contributed by atoms with Gasteiger partial charge in [0.2, 0.25) is 0 Å². The minimum absolute atomic E-state index is 0.151. The van der Waals surface area contributed by atoms with Crippen LogP contribution in [0.2, 0.25) is 0 Å². The second kappa shape index (κ2) is 10.3. The number of carbonyl (C=O) groups excluding carboxylic acids is 1. The molecular weight excluding hydrogens is 520 g/mol. The minimum atomic E-state index is -0.524. The number of primary amides is 1. The number of nitrogens with zero attached hydrogens (tertiary/aromatic N) is 5. The zero-order valence-electron chi connectivity index (χ0n) is 23.6. The van der Waals surface area contributed by atoms with Crippen LogP contribution in [0.4, 0.5) is 5.82 Å². The first kappa shape index (κ1) is 26.2. The van der Waals surface area contributed by atoms with Gasteiger partial charge in [0.15, 0.2) is 11.6 Å². The van der Waals surface area contributed by atoms with E-state index in [2.05, 4.69) is 38.6 Å². The van der Waals surface area contributed by atoms with Crippen LogP contribution in [-0.4, -0.2) is 70.8 Å². The molecular formula is C31H36N6O4. The van der Waals surface area contributed by atoms with Crippen LogP contribution in [0.15, 0.2) is 43.0 Å². The molecule has 1 saturated carbocycles. The molecule has 1 unspecified atom stereocenters. The fourth-order valence-electron chi connectivity index (χ4n) is 6.58. The van der Waals surface area contributed by atoms with Gasteiger partial charge in [-0.05, 0) is 36.5 Å². The predicted molar refractivity (Wildman–Crippen MR) is 152 cm³/mol. The number of para-hydroxylation sites is 1. The molecule has 2 saturated heterocycles. The Bertz CT molecular complexity index is 1460. The second-order valence-electron chi connectivity index (χ2n) is 12.2. The number of anilines is 1. The minimum Gasteiger partial charge on any atom is -0.490 e. The van der Waals surface area contributed by atoms with Crippen LogP contribution in [0.25, 0.3) is 0 Å². The molecule has 0 radical (unpaired) electrons. The van der Waals surface area contributed by atoms with Gasteiger partial charge in [-0.15, -0.1) is 0 Å². The van der Waals surface area contributed by atoms with Crippen LogP contribution in [0.3, 0.4) is 0 Å². The summed E-state index contributed by atoms with van der Waals surface area (Å²) in [6.45, 7) is 9.62. The van der Waals surface area contributed by atoms with Gasteiger partial charge in [0.05, 0.1) is 24.5 Å². The van der Waals surface area contributed by atoms with Crippen molar-refractivity contribution in [1.82, 2.24) is 19.9 Å². The van der Waals surface area contributed by atoms with Gasteiger partial charge in [0, 0.05) is 62.0 Å². The third-order valence-electron chi connectivity index (χ3n) is 8.78. The van der Waals surface area contributed by atoms with E-state index in [0.29, 0.717) is 23.2 Å². The molecule has 4 aliphatic rings. The summed E-state index contributed by atoms with van der Waals surface area (Å²) in [6, 6.07) is 7.51. The molecule has 1 atom stereocenters. The molecule has 5 heterocycles. The third-order valence-corrected chi connectivity index (χ3v) is 8.78. The summed E-state index contributed by atoms with van der Waals surface area (Å²) in [5.74, 6) is 2.33. The first-order chi connectivity index (χ1) is 19.9. The molecule has 41 heavy (non-hydrogen) atoms. The van der Waals surface area contributed by atoms with E-state index in [1.54, 1.807) is 12.3 Å². The van der Waals surface area contributed by atoms with Gasteiger partial charge in [-0.1, -0.05) is 26.0 Å². The van der Waals surface area contributed by atoms with E-state index in [0.717, 1.165) is 81.4 Å². The predicted octanol–water partition coefficient (Wildman–Crippen LogP) is 3.69. The number of pyridine rings is 1. The Balaban J connectivity index is 1.01. The summed E-state index contributed by atoms with van der Waals surface area (Å²) in [4.78, 5) is 30.3. The first-order valence-electron chi connectivity index (χ1n) is 14.5. The molecule has 1 aliphatic carbocycles. The highest BCUT2D eigenvalue weighted by Crippen LogP contribution is 2.52. The lowest BCUT2D eigenvalue weighted by atomic mass is 9.61. The molecule has 214 valence electrons. The third kappa shape index (κ3) is 5.10. The first-order valence-corrected chi connectivity index (χ1v) is 14.5. The molecule has 3 fully saturated rings. The van der Waals surface area contributed by atoms with Gasteiger partial charge in [-0.3, -0.25) is 14.7 Å². The molecule has 2 N–H and O–H groups in total. The molecule has 3 aliphatic heterocycles. The Labute approximate surface area is 239 Å². The van der Waals surface area contributed by atoms with E-state index in [1.807, 2.05) is 24.4 Å². The molecule has 10 nitrogen and oxygen atoms in total. The van der Waals surface area contributed by atoms with Gasteiger partial charge in [-0.25, -0.2) is 9.97 Å². The number of aromatic nitrogens is 3. The number of nitrogens with two attached hydrogens (primary N) is 1. The van der Waals surface area contributed by atoms with E-state index >= 15 is 0 Å². The van der Waals surface area contributed by atoms with Crippen LogP contribution in [0.1, 0.15) is 59.8 Å². The number of rotatable bonds is 9. The van der Waals surface area contributed by atoms with Gasteiger partial charge in [-0.2, -0.15) is 0 Å². The number of ether oxygens (including phenoxy) is 3. The summed E-state index contributed by atoms with van der Waals surface area (Å²) in [6.07, 6.45) is 8.62. The maximum atomic E-state index is 12.2. The van der Waals surface area contributed by atoms with Crippen molar-refractivity contribution in [3.05, 3.63) is 65.4 Å². The zero-order valence-corrected chi connectivity index (χ0v) is 23.6. The Hall–Kier alpha value is -3.76. The van der Waals surface area contributed by atoms with Crippen LogP contribution in [0.5, 0.6) is 17.2 Å². The number of benzene rings is 1. The monoisotopic (exact) mass is 556 g/mol. The van der Waals surface area contributed by atoms with E-state index in [-0.39, 0.29) is 17.4 Å². The van der Waals surface area contributed by atoms with Crippen molar-refractivity contribution in [3.8, 4) is 17.2 Å². The highest BCUT2D eigenvalue weighted by Gasteiger charge is 2.54. The standard InChI is InChI=1S/C31H36N6O4/c1-19(2)22-4-3-5-23(29(32)38)28(22)41-27-12-33-18-35-30(27)37-16-31(17-37)10-20(11-31)40-26-6-8-34-25-7-9-36(14-24(25)26)13-21-15-39-21/h3-6,8,12,18-21H,7,9-11,13-17H2,1-2H3,(H2,32,38). The van der Waals surface area contributed by atoms with Gasteiger partial charge in [0.1, 0.15) is 23.9 Å². The van der Waals surface area contributed by atoms with Crippen LogP contribution < -0.4 is 20.1 Å². The largest absolute Gasteiger partial charge is 0.490 e. The summed E-state index contributed by atoms with van der Waals surface area (Å²) >= 11 is 0. The summed E-state index contributed by atoms with van der Waals surface area (Å²) in [5.41, 5.74) is 9.56. The van der Waals surface area contributed by atoms with Crippen LogP contribution in [-0.2, 0) is 17.7 Å².